The molecule has 0 aliphatic heterocycles. The maximum atomic E-state index is 12.8. The van der Waals surface area contributed by atoms with Crippen LogP contribution in [0.15, 0.2) is 66.4 Å². The molecule has 2 amide bonds. The summed E-state index contributed by atoms with van der Waals surface area (Å²) in [4.78, 5) is 25.1. The van der Waals surface area contributed by atoms with Gasteiger partial charge in [0.2, 0.25) is 0 Å². The van der Waals surface area contributed by atoms with E-state index in [1.54, 1.807) is 54.9 Å². The third-order valence-corrected chi connectivity index (χ3v) is 4.51. The minimum absolute atomic E-state index is 0.475. The van der Waals surface area contributed by atoms with E-state index in [4.69, 9.17) is 14.2 Å². The highest BCUT2D eigenvalue weighted by Crippen LogP contribution is 2.27. The van der Waals surface area contributed by atoms with Gasteiger partial charge in [-0.2, -0.15) is 0 Å². The van der Waals surface area contributed by atoms with Crippen LogP contribution in [0.3, 0.4) is 0 Å². The Hall–Kier alpha value is -3.48. The molecule has 0 radical (unpaired) electrons. The predicted octanol–water partition coefficient (Wildman–Crippen LogP) is 5.91. The summed E-state index contributed by atoms with van der Waals surface area (Å²) in [6.07, 6.45) is 0.921. The van der Waals surface area contributed by atoms with Gasteiger partial charge in [-0.3, -0.25) is 5.32 Å². The fourth-order valence-electron chi connectivity index (χ4n) is 3.14. The van der Waals surface area contributed by atoms with Gasteiger partial charge < -0.3 is 19.5 Å². The van der Waals surface area contributed by atoms with Crippen LogP contribution in [0.25, 0.3) is 0 Å². The van der Waals surface area contributed by atoms with Crippen molar-refractivity contribution in [1.82, 2.24) is 10.6 Å². The first-order valence-corrected chi connectivity index (χ1v) is 11.2. The van der Waals surface area contributed by atoms with E-state index in [9.17, 15) is 9.59 Å². The molecule has 2 aromatic rings. The molecule has 34 heavy (non-hydrogen) atoms. The summed E-state index contributed by atoms with van der Waals surface area (Å²) >= 11 is 0. The summed E-state index contributed by atoms with van der Waals surface area (Å²) in [5.74, 6) is 0.695. The molecule has 184 valence electrons. The quantitative estimate of drug-likeness (QED) is 0.527. The van der Waals surface area contributed by atoms with Crippen molar-refractivity contribution in [2.75, 3.05) is 7.11 Å². The lowest BCUT2D eigenvalue weighted by molar-refractivity contribution is 0.0510. The molecular weight excluding hydrogens is 432 g/mol. The van der Waals surface area contributed by atoms with Crippen molar-refractivity contribution in [3.63, 3.8) is 0 Å². The number of benzene rings is 2. The number of rotatable bonds is 7. The second kappa shape index (κ2) is 11.6. The Morgan fingerprint density at radius 3 is 1.94 bits per heavy atom. The number of hydrogen-bond donors (Lipinski definition) is 2. The molecule has 0 aromatic heterocycles. The highest BCUT2D eigenvalue weighted by atomic mass is 16.6. The number of ether oxygens (including phenoxy) is 3. The smallest absolute Gasteiger partial charge is 0.411 e. The zero-order chi connectivity index (χ0) is 25.4. The maximum Gasteiger partial charge on any atom is 0.411 e. The van der Waals surface area contributed by atoms with E-state index in [0.717, 1.165) is 16.7 Å². The number of alkyl carbamates (subject to hydrolysis) is 2. The van der Waals surface area contributed by atoms with Gasteiger partial charge in [-0.25, -0.2) is 9.59 Å². The topological polar surface area (TPSA) is 85.9 Å². The largest absolute Gasteiger partial charge is 0.497 e. The molecule has 0 bridgehead atoms. The van der Waals surface area contributed by atoms with Crippen molar-refractivity contribution < 1.29 is 23.8 Å². The fourth-order valence-corrected chi connectivity index (χ4v) is 3.14. The second-order valence-corrected chi connectivity index (χ2v) is 9.88. The van der Waals surface area contributed by atoms with Gasteiger partial charge in [-0.05, 0) is 76.8 Å². The third-order valence-electron chi connectivity index (χ3n) is 4.51. The monoisotopic (exact) mass is 468 g/mol. The van der Waals surface area contributed by atoms with Crippen LogP contribution in [0.4, 0.5) is 9.59 Å². The Bertz CT molecular complexity index is 971. The summed E-state index contributed by atoms with van der Waals surface area (Å²) < 4.78 is 16.2. The van der Waals surface area contributed by atoms with Gasteiger partial charge >= 0.3 is 12.2 Å². The van der Waals surface area contributed by atoms with E-state index in [2.05, 4.69) is 10.6 Å². The highest BCUT2D eigenvalue weighted by Gasteiger charge is 2.24. The number of carbonyl (C=O) groups is 2. The van der Waals surface area contributed by atoms with E-state index in [0.29, 0.717) is 12.2 Å². The number of carbonyl (C=O) groups excluding carboxylic acids is 2. The van der Waals surface area contributed by atoms with Crippen LogP contribution in [0, 0.1) is 0 Å². The van der Waals surface area contributed by atoms with Crippen molar-refractivity contribution in [3.05, 3.63) is 77.5 Å². The summed E-state index contributed by atoms with van der Waals surface area (Å²) in [6.45, 7) is 10.8. The molecule has 2 aromatic carbocycles. The van der Waals surface area contributed by atoms with Crippen molar-refractivity contribution >= 4 is 12.2 Å². The van der Waals surface area contributed by atoms with Gasteiger partial charge in [0, 0.05) is 6.20 Å². The van der Waals surface area contributed by atoms with E-state index < -0.39 is 29.4 Å². The van der Waals surface area contributed by atoms with Crippen molar-refractivity contribution in [1.29, 1.82) is 0 Å². The number of amides is 2. The van der Waals surface area contributed by atoms with Gasteiger partial charge in [0.25, 0.3) is 0 Å². The minimum atomic E-state index is -0.660. The summed E-state index contributed by atoms with van der Waals surface area (Å²) in [5.41, 5.74) is 1.27. The van der Waals surface area contributed by atoms with Crippen LogP contribution in [0.2, 0.25) is 0 Å². The Morgan fingerprint density at radius 2 is 1.41 bits per heavy atom. The van der Waals surface area contributed by atoms with Gasteiger partial charge in [-0.1, -0.05) is 42.5 Å². The fraction of sp³-hybridized carbons (Fsp3) is 0.407. The van der Waals surface area contributed by atoms with Crippen molar-refractivity contribution in [2.45, 2.75) is 65.2 Å². The summed E-state index contributed by atoms with van der Waals surface area (Å²) in [5, 5.41) is 5.67. The Morgan fingerprint density at radius 1 is 0.853 bits per heavy atom. The lowest BCUT2D eigenvalue weighted by Gasteiger charge is -2.26. The van der Waals surface area contributed by atoms with E-state index >= 15 is 0 Å². The molecule has 7 heteroatoms. The van der Waals surface area contributed by atoms with Crippen molar-refractivity contribution in [2.24, 2.45) is 0 Å². The van der Waals surface area contributed by atoms with E-state index in [-0.39, 0.29) is 0 Å². The molecule has 0 saturated heterocycles. The van der Waals surface area contributed by atoms with Gasteiger partial charge in [0.05, 0.1) is 13.2 Å². The van der Waals surface area contributed by atoms with Crippen LogP contribution in [-0.4, -0.2) is 30.5 Å². The van der Waals surface area contributed by atoms with E-state index in [1.807, 2.05) is 54.6 Å². The zero-order valence-corrected chi connectivity index (χ0v) is 21.1. The molecule has 1 atom stereocenters. The molecule has 2 rings (SSSR count). The minimum Gasteiger partial charge on any atom is -0.497 e. The molecule has 0 saturated carbocycles. The molecular formula is C27H36N2O5. The first-order chi connectivity index (χ1) is 15.9. The number of methoxy groups -OCH3 is 1. The number of nitrogens with one attached hydrogen (secondary N) is 2. The van der Waals surface area contributed by atoms with Crippen LogP contribution < -0.4 is 15.4 Å². The molecule has 0 spiro atoms. The number of hydrogen-bond acceptors (Lipinski definition) is 5. The first-order valence-electron chi connectivity index (χ1n) is 11.2. The average Bonchev–Trinajstić information content (AvgIpc) is 2.73. The second-order valence-electron chi connectivity index (χ2n) is 9.88. The molecule has 0 fully saturated rings. The summed E-state index contributed by atoms with van der Waals surface area (Å²) in [7, 11) is 1.59. The first kappa shape index (κ1) is 26.8. The van der Waals surface area contributed by atoms with Crippen LogP contribution in [-0.2, 0) is 15.9 Å². The van der Waals surface area contributed by atoms with Gasteiger partial charge in [0.15, 0.2) is 0 Å². The van der Waals surface area contributed by atoms with Gasteiger partial charge in [-0.15, -0.1) is 0 Å². The van der Waals surface area contributed by atoms with Crippen LogP contribution in [0.1, 0.15) is 58.7 Å². The average molecular weight is 469 g/mol. The molecule has 0 aliphatic carbocycles. The SMILES string of the molecule is COc1ccc(C(NC(=O)OC(C)(C)C)/C(=C/NC(=O)OC(C)(C)C)Cc2ccccc2)cc1. The predicted molar refractivity (Wildman–Crippen MR) is 133 cm³/mol. The van der Waals surface area contributed by atoms with Gasteiger partial charge in [0.1, 0.15) is 17.0 Å². The zero-order valence-electron chi connectivity index (χ0n) is 21.1. The molecule has 7 nitrogen and oxygen atoms in total. The Balaban J connectivity index is 2.44. The summed E-state index contributed by atoms with van der Waals surface area (Å²) in [6, 6.07) is 16.6. The van der Waals surface area contributed by atoms with E-state index in [1.165, 1.54) is 0 Å². The normalized spacial score (nSPS) is 13.0. The molecule has 2 N–H and O–H groups in total. The molecule has 0 aliphatic rings. The maximum absolute atomic E-state index is 12.8. The standard InChI is InChI=1S/C27H36N2O5/c1-26(2,3)33-24(30)28-18-21(17-19-11-9-8-10-12-19)23(29-25(31)34-27(4,5)6)20-13-15-22(32-7)16-14-20/h8-16,18,23H,17H2,1-7H3,(H,28,30)(H,29,31)/b21-18+. The highest BCUT2D eigenvalue weighted by molar-refractivity contribution is 5.70. The Kier molecular flexibility index (Phi) is 9.12. The lowest BCUT2D eigenvalue weighted by Crippen LogP contribution is -2.36. The third kappa shape index (κ3) is 9.57. The van der Waals surface area contributed by atoms with Crippen molar-refractivity contribution in [3.8, 4) is 5.75 Å². The molecule has 0 heterocycles. The Labute approximate surface area is 202 Å². The van der Waals surface area contributed by atoms with Crippen LogP contribution >= 0.6 is 0 Å². The van der Waals surface area contributed by atoms with Crippen LogP contribution in [0.5, 0.6) is 5.75 Å². The molecule has 1 unspecified atom stereocenters. The lowest BCUT2D eigenvalue weighted by atomic mass is 9.94.